The summed E-state index contributed by atoms with van der Waals surface area (Å²) in [6.07, 6.45) is 0.484. The van der Waals surface area contributed by atoms with E-state index in [9.17, 15) is 9.59 Å². The van der Waals surface area contributed by atoms with Crippen molar-refractivity contribution in [1.29, 1.82) is 0 Å². The van der Waals surface area contributed by atoms with E-state index in [1.54, 1.807) is 4.90 Å². The smallest absolute Gasteiger partial charge is 0.253 e. The second kappa shape index (κ2) is 4.92. The minimum absolute atomic E-state index is 0.0331. The SMILES string of the molecule is Cc1ccc(C(=O)N2CCC(=O)C(C)C2)cc1C. The van der Waals surface area contributed by atoms with E-state index in [-0.39, 0.29) is 17.6 Å². The molecule has 0 aromatic heterocycles. The van der Waals surface area contributed by atoms with Gasteiger partial charge in [-0.25, -0.2) is 0 Å². The molecule has 1 heterocycles. The van der Waals surface area contributed by atoms with Gasteiger partial charge in [0.1, 0.15) is 5.78 Å². The first kappa shape index (κ1) is 12.8. The Bertz CT molecular complexity index is 493. The zero-order chi connectivity index (χ0) is 13.3. The van der Waals surface area contributed by atoms with E-state index >= 15 is 0 Å². The molecule has 0 radical (unpaired) electrons. The molecule has 1 aliphatic rings. The van der Waals surface area contributed by atoms with Gasteiger partial charge in [-0.3, -0.25) is 9.59 Å². The number of piperidine rings is 1. The Morgan fingerprint density at radius 1 is 1.28 bits per heavy atom. The van der Waals surface area contributed by atoms with Crippen LogP contribution in [0.5, 0.6) is 0 Å². The predicted octanol–water partition coefficient (Wildman–Crippen LogP) is 2.35. The van der Waals surface area contributed by atoms with Gasteiger partial charge in [0.15, 0.2) is 0 Å². The highest BCUT2D eigenvalue weighted by Crippen LogP contribution is 2.17. The average Bonchev–Trinajstić information content (AvgIpc) is 2.35. The lowest BCUT2D eigenvalue weighted by Crippen LogP contribution is -2.43. The van der Waals surface area contributed by atoms with Crippen LogP contribution < -0.4 is 0 Å². The molecule has 1 unspecified atom stereocenters. The topological polar surface area (TPSA) is 37.4 Å². The molecule has 1 aromatic carbocycles. The molecule has 1 fully saturated rings. The minimum Gasteiger partial charge on any atom is -0.337 e. The van der Waals surface area contributed by atoms with Crippen molar-refractivity contribution in [3.05, 3.63) is 34.9 Å². The van der Waals surface area contributed by atoms with E-state index in [1.165, 1.54) is 5.56 Å². The van der Waals surface area contributed by atoms with E-state index in [0.29, 0.717) is 19.5 Å². The maximum absolute atomic E-state index is 12.3. The summed E-state index contributed by atoms with van der Waals surface area (Å²) in [4.78, 5) is 25.6. The zero-order valence-electron chi connectivity index (χ0n) is 11.2. The Morgan fingerprint density at radius 3 is 2.61 bits per heavy atom. The van der Waals surface area contributed by atoms with Crippen LogP contribution in [0, 0.1) is 19.8 Å². The normalized spacial score (nSPS) is 20.1. The van der Waals surface area contributed by atoms with Gasteiger partial charge < -0.3 is 4.90 Å². The summed E-state index contributed by atoms with van der Waals surface area (Å²) in [5.74, 6) is 0.269. The van der Waals surface area contributed by atoms with Crippen LogP contribution in [0.4, 0.5) is 0 Å². The molecule has 0 N–H and O–H groups in total. The first-order valence-corrected chi connectivity index (χ1v) is 6.38. The highest BCUT2D eigenvalue weighted by atomic mass is 16.2. The molecule has 1 aromatic rings. The lowest BCUT2D eigenvalue weighted by molar-refractivity contribution is -0.124. The molecule has 18 heavy (non-hydrogen) atoms. The number of hydrogen-bond donors (Lipinski definition) is 0. The Balaban J connectivity index is 2.16. The van der Waals surface area contributed by atoms with Crippen molar-refractivity contribution in [2.75, 3.05) is 13.1 Å². The molecule has 0 saturated carbocycles. The summed E-state index contributed by atoms with van der Waals surface area (Å²) in [5.41, 5.74) is 3.04. The average molecular weight is 245 g/mol. The maximum Gasteiger partial charge on any atom is 0.253 e. The van der Waals surface area contributed by atoms with Crippen LogP contribution >= 0.6 is 0 Å². The van der Waals surface area contributed by atoms with Gasteiger partial charge in [-0.2, -0.15) is 0 Å². The lowest BCUT2D eigenvalue weighted by atomic mass is 9.97. The first-order chi connectivity index (χ1) is 8.49. The van der Waals surface area contributed by atoms with Crippen LogP contribution in [0.1, 0.15) is 34.8 Å². The van der Waals surface area contributed by atoms with Crippen LogP contribution in [0.25, 0.3) is 0 Å². The molecule has 1 amide bonds. The number of aryl methyl sites for hydroxylation is 2. The first-order valence-electron chi connectivity index (χ1n) is 6.38. The van der Waals surface area contributed by atoms with Crippen LogP contribution in [0.2, 0.25) is 0 Å². The van der Waals surface area contributed by atoms with Crippen molar-refractivity contribution in [1.82, 2.24) is 4.90 Å². The molecule has 0 bridgehead atoms. The molecule has 1 saturated heterocycles. The van der Waals surface area contributed by atoms with E-state index in [1.807, 2.05) is 39.0 Å². The summed E-state index contributed by atoms with van der Waals surface area (Å²) >= 11 is 0. The van der Waals surface area contributed by atoms with Gasteiger partial charge in [0.05, 0.1) is 0 Å². The van der Waals surface area contributed by atoms with E-state index in [2.05, 4.69) is 0 Å². The van der Waals surface area contributed by atoms with Crippen molar-refractivity contribution in [3.63, 3.8) is 0 Å². The second-order valence-corrected chi connectivity index (χ2v) is 5.17. The van der Waals surface area contributed by atoms with Crippen LogP contribution in [0.15, 0.2) is 18.2 Å². The molecule has 96 valence electrons. The Kier molecular flexibility index (Phi) is 3.50. The number of hydrogen-bond acceptors (Lipinski definition) is 2. The van der Waals surface area contributed by atoms with Crippen molar-refractivity contribution in [2.24, 2.45) is 5.92 Å². The van der Waals surface area contributed by atoms with Gasteiger partial charge in [-0.15, -0.1) is 0 Å². The van der Waals surface area contributed by atoms with Crippen LogP contribution in [0.3, 0.4) is 0 Å². The highest BCUT2D eigenvalue weighted by Gasteiger charge is 2.27. The fraction of sp³-hybridized carbons (Fsp3) is 0.467. The van der Waals surface area contributed by atoms with Gasteiger partial charge in [-0.1, -0.05) is 13.0 Å². The summed E-state index contributed by atoms with van der Waals surface area (Å²) < 4.78 is 0. The van der Waals surface area contributed by atoms with E-state index in [4.69, 9.17) is 0 Å². The predicted molar refractivity (Wildman–Crippen MR) is 70.6 cm³/mol. The summed E-state index contributed by atoms with van der Waals surface area (Å²) in [6, 6.07) is 5.77. The lowest BCUT2D eigenvalue weighted by Gasteiger charge is -2.30. The monoisotopic (exact) mass is 245 g/mol. The maximum atomic E-state index is 12.3. The van der Waals surface area contributed by atoms with Gasteiger partial charge in [0.2, 0.25) is 0 Å². The Morgan fingerprint density at radius 2 is 2.00 bits per heavy atom. The fourth-order valence-electron chi connectivity index (χ4n) is 2.26. The third kappa shape index (κ3) is 2.45. The van der Waals surface area contributed by atoms with Crippen molar-refractivity contribution in [2.45, 2.75) is 27.2 Å². The minimum atomic E-state index is -0.0331. The zero-order valence-corrected chi connectivity index (χ0v) is 11.2. The fourth-order valence-corrected chi connectivity index (χ4v) is 2.26. The Hall–Kier alpha value is -1.64. The highest BCUT2D eigenvalue weighted by molar-refractivity contribution is 5.96. The van der Waals surface area contributed by atoms with Crippen LogP contribution in [-0.2, 0) is 4.79 Å². The number of likely N-dealkylation sites (tertiary alicyclic amines) is 1. The standard InChI is InChI=1S/C15H19NO2/c1-10-4-5-13(8-11(10)2)15(18)16-7-6-14(17)12(3)9-16/h4-5,8,12H,6-7,9H2,1-3H3. The van der Waals surface area contributed by atoms with Crippen molar-refractivity contribution < 1.29 is 9.59 Å². The number of Topliss-reactive ketones (excluding diaryl/α,β-unsaturated/α-hetero) is 1. The van der Waals surface area contributed by atoms with Crippen molar-refractivity contribution in [3.8, 4) is 0 Å². The molecular weight excluding hydrogens is 226 g/mol. The third-order valence-electron chi connectivity index (χ3n) is 3.71. The molecule has 1 aliphatic heterocycles. The summed E-state index contributed by atoms with van der Waals surface area (Å²) in [7, 11) is 0. The van der Waals surface area contributed by atoms with Gasteiger partial charge >= 0.3 is 0 Å². The van der Waals surface area contributed by atoms with Crippen LogP contribution in [-0.4, -0.2) is 29.7 Å². The summed E-state index contributed by atoms with van der Waals surface area (Å²) in [5, 5.41) is 0. The summed E-state index contributed by atoms with van der Waals surface area (Å²) in [6.45, 7) is 7.03. The molecular formula is C15H19NO2. The number of rotatable bonds is 1. The second-order valence-electron chi connectivity index (χ2n) is 5.17. The molecule has 3 heteroatoms. The molecule has 0 aliphatic carbocycles. The molecule has 1 atom stereocenters. The molecule has 2 rings (SSSR count). The van der Waals surface area contributed by atoms with E-state index in [0.717, 1.165) is 11.1 Å². The van der Waals surface area contributed by atoms with E-state index < -0.39 is 0 Å². The number of carbonyl (C=O) groups excluding carboxylic acids is 2. The quantitative estimate of drug-likeness (QED) is 0.761. The number of benzene rings is 1. The van der Waals surface area contributed by atoms with Gasteiger partial charge in [-0.05, 0) is 37.1 Å². The van der Waals surface area contributed by atoms with Crippen molar-refractivity contribution >= 4 is 11.7 Å². The van der Waals surface area contributed by atoms with Gasteiger partial charge in [0.25, 0.3) is 5.91 Å². The number of carbonyl (C=O) groups is 2. The molecule has 3 nitrogen and oxygen atoms in total. The Labute approximate surface area is 108 Å². The van der Waals surface area contributed by atoms with Gasteiger partial charge in [0, 0.05) is 31.0 Å². The number of nitrogens with zero attached hydrogens (tertiary/aromatic N) is 1. The third-order valence-corrected chi connectivity index (χ3v) is 3.71. The number of ketones is 1. The largest absolute Gasteiger partial charge is 0.337 e. The molecule has 0 spiro atoms. The number of amides is 1.